The zero-order valence-electron chi connectivity index (χ0n) is 28.8. The topological polar surface area (TPSA) is 130 Å². The van der Waals surface area contributed by atoms with Gasteiger partial charge in [0.1, 0.15) is 6.04 Å². The first-order chi connectivity index (χ1) is 23.7. The zero-order valence-corrected chi connectivity index (χ0v) is 28.8. The van der Waals surface area contributed by atoms with Crippen LogP contribution in [0.3, 0.4) is 0 Å². The van der Waals surface area contributed by atoms with Crippen molar-refractivity contribution in [3.05, 3.63) is 89.7 Å². The molecule has 11 nitrogen and oxygen atoms in total. The van der Waals surface area contributed by atoms with E-state index in [0.29, 0.717) is 49.5 Å². The Morgan fingerprint density at radius 3 is 2.37 bits per heavy atom. The second-order valence-electron chi connectivity index (χ2n) is 13.2. The first kappa shape index (κ1) is 35.4. The molecule has 3 unspecified atom stereocenters. The molecule has 1 aromatic heterocycles. The van der Waals surface area contributed by atoms with Crippen LogP contribution in [0.25, 0.3) is 0 Å². The van der Waals surface area contributed by atoms with Crippen molar-refractivity contribution in [2.75, 3.05) is 40.3 Å². The number of rotatable bonds is 13. The summed E-state index contributed by atoms with van der Waals surface area (Å²) in [5.41, 5.74) is 2.41. The largest absolute Gasteiger partial charge is 0.493 e. The fourth-order valence-electron chi connectivity index (χ4n) is 6.92. The van der Waals surface area contributed by atoms with Gasteiger partial charge in [0.2, 0.25) is 17.7 Å². The van der Waals surface area contributed by atoms with Gasteiger partial charge in [-0.15, -0.1) is 0 Å². The molecule has 0 spiro atoms. The highest BCUT2D eigenvalue weighted by Gasteiger charge is 2.48. The predicted octanol–water partition coefficient (Wildman–Crippen LogP) is 3.52. The average Bonchev–Trinajstić information content (AvgIpc) is 3.55. The lowest BCUT2D eigenvalue weighted by atomic mass is 9.79. The third kappa shape index (κ3) is 8.95. The third-order valence-corrected chi connectivity index (χ3v) is 9.39. The van der Waals surface area contributed by atoms with Crippen LogP contribution >= 0.6 is 0 Å². The summed E-state index contributed by atoms with van der Waals surface area (Å²) in [6, 6.07) is 18.1. The van der Waals surface area contributed by atoms with Crippen LogP contribution in [0.1, 0.15) is 48.2 Å². The molecule has 3 heterocycles. The number of fused-ring (bicyclic) bond motifs is 1. The maximum absolute atomic E-state index is 14.1. The van der Waals surface area contributed by atoms with E-state index in [2.05, 4.69) is 15.6 Å². The minimum Gasteiger partial charge on any atom is -0.493 e. The molecule has 4 atom stereocenters. The average molecular weight is 670 g/mol. The van der Waals surface area contributed by atoms with Gasteiger partial charge in [-0.25, -0.2) is 0 Å². The summed E-state index contributed by atoms with van der Waals surface area (Å²) in [6.07, 6.45) is 5.38. The predicted molar refractivity (Wildman–Crippen MR) is 185 cm³/mol. The number of pyridine rings is 1. The molecule has 2 aliphatic heterocycles. The van der Waals surface area contributed by atoms with Crippen molar-refractivity contribution in [2.24, 2.45) is 17.8 Å². The van der Waals surface area contributed by atoms with Crippen LogP contribution in [-0.4, -0.2) is 90.9 Å². The van der Waals surface area contributed by atoms with Crippen molar-refractivity contribution < 1.29 is 28.7 Å². The number of amides is 4. The minimum absolute atomic E-state index is 0.0593. The Kier molecular flexibility index (Phi) is 11.9. The maximum atomic E-state index is 14.1. The Hall–Kier alpha value is -4.93. The molecule has 2 saturated heterocycles. The van der Waals surface area contributed by atoms with Gasteiger partial charge in [-0.05, 0) is 80.3 Å². The molecule has 2 fully saturated rings. The molecule has 0 bridgehead atoms. The number of ether oxygens (including phenoxy) is 2. The van der Waals surface area contributed by atoms with Crippen molar-refractivity contribution in [3.63, 3.8) is 0 Å². The van der Waals surface area contributed by atoms with E-state index in [0.717, 1.165) is 17.5 Å². The summed E-state index contributed by atoms with van der Waals surface area (Å²) >= 11 is 0. The quantitative estimate of drug-likeness (QED) is 0.285. The highest BCUT2D eigenvalue weighted by atomic mass is 16.5. The van der Waals surface area contributed by atoms with E-state index in [-0.39, 0.29) is 54.5 Å². The molecule has 4 amide bonds. The molecular formula is C38H47N5O6. The third-order valence-electron chi connectivity index (χ3n) is 9.39. The Labute approximate surface area is 288 Å². The van der Waals surface area contributed by atoms with Crippen molar-refractivity contribution in [2.45, 2.75) is 51.7 Å². The fraction of sp³-hybridized carbons (Fsp3) is 0.447. The van der Waals surface area contributed by atoms with Crippen LogP contribution in [0.5, 0.6) is 11.5 Å². The summed E-state index contributed by atoms with van der Waals surface area (Å²) in [4.78, 5) is 62.1. The van der Waals surface area contributed by atoms with Gasteiger partial charge in [0, 0.05) is 51.2 Å². The SMILES string of the molecule is CNC(=O)[C@H](CCCc1ccccc1)NC(=O)C1CN(C(=O)Cc2cccnc2)CC2CN(C(=O)c3ccc(OC(C)C)c(OC)c3)CC21. The van der Waals surface area contributed by atoms with Gasteiger partial charge >= 0.3 is 0 Å². The van der Waals surface area contributed by atoms with Crippen molar-refractivity contribution in [1.82, 2.24) is 25.4 Å². The molecule has 0 aliphatic carbocycles. The van der Waals surface area contributed by atoms with Crippen LogP contribution in [0.4, 0.5) is 0 Å². The van der Waals surface area contributed by atoms with E-state index in [1.54, 1.807) is 53.5 Å². The van der Waals surface area contributed by atoms with E-state index in [9.17, 15) is 19.2 Å². The smallest absolute Gasteiger partial charge is 0.254 e. The number of hydrogen-bond donors (Lipinski definition) is 2. The number of likely N-dealkylation sites (N-methyl/N-ethyl adjacent to an activating group) is 1. The van der Waals surface area contributed by atoms with Crippen molar-refractivity contribution in [3.8, 4) is 11.5 Å². The number of likely N-dealkylation sites (tertiary alicyclic amines) is 2. The Morgan fingerprint density at radius 2 is 1.67 bits per heavy atom. The van der Waals surface area contributed by atoms with E-state index in [4.69, 9.17) is 9.47 Å². The fourth-order valence-corrected chi connectivity index (χ4v) is 6.92. The zero-order chi connectivity index (χ0) is 34.9. The number of nitrogens with one attached hydrogen (secondary N) is 2. The van der Waals surface area contributed by atoms with E-state index in [1.165, 1.54) is 7.11 Å². The van der Waals surface area contributed by atoms with Gasteiger partial charge < -0.3 is 29.9 Å². The van der Waals surface area contributed by atoms with E-state index in [1.807, 2.05) is 50.2 Å². The number of piperidine rings is 1. The summed E-state index contributed by atoms with van der Waals surface area (Å²) in [6.45, 7) is 5.22. The Balaban J connectivity index is 1.34. The number of carbonyl (C=O) groups is 4. The van der Waals surface area contributed by atoms with Crippen LogP contribution in [0.15, 0.2) is 73.1 Å². The highest BCUT2D eigenvalue weighted by Crippen LogP contribution is 2.37. The van der Waals surface area contributed by atoms with E-state index < -0.39 is 12.0 Å². The van der Waals surface area contributed by atoms with Gasteiger partial charge in [-0.1, -0.05) is 36.4 Å². The Morgan fingerprint density at radius 1 is 0.918 bits per heavy atom. The molecule has 3 aromatic rings. The van der Waals surface area contributed by atoms with Crippen molar-refractivity contribution in [1.29, 1.82) is 0 Å². The first-order valence-corrected chi connectivity index (χ1v) is 17.0. The van der Waals surface area contributed by atoms with Crippen molar-refractivity contribution >= 4 is 23.6 Å². The number of hydrogen-bond acceptors (Lipinski definition) is 7. The summed E-state index contributed by atoms with van der Waals surface area (Å²) in [7, 11) is 3.10. The normalized spacial score (nSPS) is 19.2. The molecule has 2 aromatic carbocycles. The number of aromatic nitrogens is 1. The summed E-state index contributed by atoms with van der Waals surface area (Å²) in [5.74, 6) is -0.725. The molecule has 49 heavy (non-hydrogen) atoms. The molecule has 11 heteroatoms. The molecule has 0 radical (unpaired) electrons. The van der Waals surface area contributed by atoms with Gasteiger partial charge in [0.25, 0.3) is 5.91 Å². The Bertz CT molecular complexity index is 1600. The first-order valence-electron chi connectivity index (χ1n) is 17.0. The molecule has 5 rings (SSSR count). The van der Waals surface area contributed by atoms with Crippen LogP contribution < -0.4 is 20.1 Å². The van der Waals surface area contributed by atoms with Crippen LogP contribution in [-0.2, 0) is 27.2 Å². The summed E-state index contributed by atoms with van der Waals surface area (Å²) < 4.78 is 11.4. The standard InChI is InChI=1S/C38H47N5O6/c1-25(2)49-33-16-15-28(19-34(33)48-4)38(47)43-22-29-21-42(35(44)18-27-13-9-17-40-20-27)24-31(30(29)23-43)36(45)41-32(37(46)39-3)14-8-12-26-10-6-5-7-11-26/h5-7,9-11,13,15-17,19-20,25,29-32H,8,12,14,18,21-24H2,1-4H3,(H,39,46)(H,41,45)/t29?,30?,31?,32-/m0/s1. The lowest BCUT2D eigenvalue weighted by Crippen LogP contribution is -2.56. The molecule has 260 valence electrons. The number of carbonyl (C=O) groups excluding carboxylic acids is 4. The number of benzene rings is 2. The lowest BCUT2D eigenvalue weighted by molar-refractivity contribution is -0.140. The van der Waals surface area contributed by atoms with Gasteiger partial charge in [-0.3, -0.25) is 24.2 Å². The maximum Gasteiger partial charge on any atom is 0.254 e. The molecule has 2 aliphatic rings. The minimum atomic E-state index is -0.723. The molecule has 0 saturated carbocycles. The van der Waals surface area contributed by atoms with Crippen LogP contribution in [0.2, 0.25) is 0 Å². The molecular weight excluding hydrogens is 622 g/mol. The summed E-state index contributed by atoms with van der Waals surface area (Å²) in [5, 5.41) is 5.72. The monoisotopic (exact) mass is 669 g/mol. The van der Waals surface area contributed by atoms with Gasteiger partial charge in [-0.2, -0.15) is 0 Å². The van der Waals surface area contributed by atoms with E-state index >= 15 is 0 Å². The van der Waals surface area contributed by atoms with Gasteiger partial charge in [0.15, 0.2) is 11.5 Å². The van der Waals surface area contributed by atoms with Gasteiger partial charge in [0.05, 0.1) is 25.6 Å². The number of aryl methyl sites for hydroxylation is 1. The highest BCUT2D eigenvalue weighted by molar-refractivity contribution is 5.95. The second kappa shape index (κ2) is 16.5. The van der Waals surface area contributed by atoms with Crippen LogP contribution in [0, 0.1) is 17.8 Å². The molecule has 2 N–H and O–H groups in total. The number of nitrogens with zero attached hydrogens (tertiary/aromatic N) is 3. The second-order valence-corrected chi connectivity index (χ2v) is 13.2. The number of methoxy groups -OCH3 is 1. The lowest BCUT2D eigenvalue weighted by Gasteiger charge is -2.40.